The van der Waals surface area contributed by atoms with Crippen LogP contribution in [-0.2, 0) is 16.1 Å². The fourth-order valence-corrected chi connectivity index (χ4v) is 1.84. The van der Waals surface area contributed by atoms with Crippen LogP contribution in [0, 0.1) is 0 Å². The minimum Gasteiger partial charge on any atom is -0.354 e. The standard InChI is InChI=1S/C15H22N2O2/c1-4-10-16-15(19)12(2)17(13(3)18)11-14-8-6-5-7-9-14/h5-9,12H,4,10-11H2,1-3H3,(H,16,19). The maximum atomic E-state index is 11.9. The third kappa shape index (κ3) is 4.73. The van der Waals surface area contributed by atoms with E-state index in [0.717, 1.165) is 12.0 Å². The molecule has 0 aliphatic heterocycles. The molecular formula is C15H22N2O2. The van der Waals surface area contributed by atoms with Crippen molar-refractivity contribution < 1.29 is 9.59 Å². The Morgan fingerprint density at radius 1 is 1.26 bits per heavy atom. The topological polar surface area (TPSA) is 49.4 Å². The number of nitrogens with zero attached hydrogens (tertiary/aromatic N) is 1. The Morgan fingerprint density at radius 3 is 2.42 bits per heavy atom. The van der Waals surface area contributed by atoms with Gasteiger partial charge in [-0.15, -0.1) is 0 Å². The van der Waals surface area contributed by atoms with E-state index >= 15 is 0 Å². The first kappa shape index (κ1) is 15.2. The van der Waals surface area contributed by atoms with Gasteiger partial charge in [-0.3, -0.25) is 9.59 Å². The molecule has 0 saturated carbocycles. The third-order valence-electron chi connectivity index (χ3n) is 3.00. The van der Waals surface area contributed by atoms with Crippen molar-refractivity contribution >= 4 is 11.8 Å². The zero-order valence-corrected chi connectivity index (χ0v) is 11.8. The first-order valence-electron chi connectivity index (χ1n) is 6.65. The molecule has 4 nitrogen and oxygen atoms in total. The molecule has 1 unspecified atom stereocenters. The fraction of sp³-hybridized carbons (Fsp3) is 0.467. The quantitative estimate of drug-likeness (QED) is 0.852. The van der Waals surface area contributed by atoms with Gasteiger partial charge in [0.05, 0.1) is 0 Å². The summed E-state index contributed by atoms with van der Waals surface area (Å²) in [4.78, 5) is 25.2. The van der Waals surface area contributed by atoms with E-state index < -0.39 is 6.04 Å². The first-order valence-corrected chi connectivity index (χ1v) is 6.65. The summed E-state index contributed by atoms with van der Waals surface area (Å²) < 4.78 is 0. The van der Waals surface area contributed by atoms with Gasteiger partial charge in [0, 0.05) is 20.0 Å². The van der Waals surface area contributed by atoms with Crippen LogP contribution >= 0.6 is 0 Å². The molecule has 0 fully saturated rings. The average molecular weight is 262 g/mol. The maximum Gasteiger partial charge on any atom is 0.242 e. The highest BCUT2D eigenvalue weighted by atomic mass is 16.2. The van der Waals surface area contributed by atoms with Gasteiger partial charge >= 0.3 is 0 Å². The van der Waals surface area contributed by atoms with Gasteiger partial charge in [0.25, 0.3) is 0 Å². The Morgan fingerprint density at radius 2 is 1.89 bits per heavy atom. The van der Waals surface area contributed by atoms with Crippen molar-refractivity contribution in [1.82, 2.24) is 10.2 Å². The molecule has 0 aliphatic rings. The summed E-state index contributed by atoms with van der Waals surface area (Å²) in [6.07, 6.45) is 0.886. The summed E-state index contributed by atoms with van der Waals surface area (Å²) in [5, 5.41) is 2.82. The van der Waals surface area contributed by atoms with Gasteiger partial charge in [-0.25, -0.2) is 0 Å². The average Bonchev–Trinajstić information content (AvgIpc) is 2.42. The van der Waals surface area contributed by atoms with E-state index in [-0.39, 0.29) is 11.8 Å². The second kappa shape index (κ2) is 7.56. The summed E-state index contributed by atoms with van der Waals surface area (Å²) >= 11 is 0. The molecule has 104 valence electrons. The van der Waals surface area contributed by atoms with E-state index in [1.54, 1.807) is 11.8 Å². The smallest absolute Gasteiger partial charge is 0.242 e. The van der Waals surface area contributed by atoms with Crippen LogP contribution in [0.3, 0.4) is 0 Å². The monoisotopic (exact) mass is 262 g/mol. The number of nitrogens with one attached hydrogen (secondary N) is 1. The van der Waals surface area contributed by atoms with E-state index in [4.69, 9.17) is 0 Å². The molecule has 2 amide bonds. The van der Waals surface area contributed by atoms with Gasteiger partial charge < -0.3 is 10.2 Å². The molecule has 0 saturated heterocycles. The fourth-order valence-electron chi connectivity index (χ4n) is 1.84. The zero-order chi connectivity index (χ0) is 14.3. The number of benzene rings is 1. The third-order valence-corrected chi connectivity index (χ3v) is 3.00. The summed E-state index contributed by atoms with van der Waals surface area (Å²) in [5.74, 6) is -0.198. The normalized spacial score (nSPS) is 11.7. The molecular weight excluding hydrogens is 240 g/mol. The Labute approximate surface area is 114 Å². The highest BCUT2D eigenvalue weighted by Gasteiger charge is 2.23. The lowest BCUT2D eigenvalue weighted by molar-refractivity contribution is -0.138. The lowest BCUT2D eigenvalue weighted by Gasteiger charge is -2.27. The summed E-state index contributed by atoms with van der Waals surface area (Å²) in [7, 11) is 0. The lowest BCUT2D eigenvalue weighted by Crippen LogP contribution is -2.46. The Hall–Kier alpha value is -1.84. The summed E-state index contributed by atoms with van der Waals surface area (Å²) in [6.45, 7) is 6.34. The minimum absolute atomic E-state index is 0.0944. The van der Waals surface area contributed by atoms with E-state index in [1.807, 2.05) is 37.3 Å². The Balaban J connectivity index is 2.72. The van der Waals surface area contributed by atoms with Gasteiger partial charge in [0.15, 0.2) is 0 Å². The van der Waals surface area contributed by atoms with Crippen LogP contribution in [0.15, 0.2) is 30.3 Å². The summed E-state index contributed by atoms with van der Waals surface area (Å²) in [5.41, 5.74) is 1.02. The molecule has 0 aliphatic carbocycles. The predicted molar refractivity (Wildman–Crippen MR) is 75.4 cm³/mol. The van der Waals surface area contributed by atoms with Crippen LogP contribution in [0.4, 0.5) is 0 Å². The Bertz CT molecular complexity index is 417. The largest absolute Gasteiger partial charge is 0.354 e. The van der Waals surface area contributed by atoms with E-state index in [9.17, 15) is 9.59 Å². The number of rotatable bonds is 6. The summed E-state index contributed by atoms with van der Waals surface area (Å²) in [6, 6.07) is 9.23. The second-order valence-electron chi connectivity index (χ2n) is 4.60. The van der Waals surface area contributed by atoms with Gasteiger partial charge in [-0.05, 0) is 18.9 Å². The van der Waals surface area contributed by atoms with Crippen LogP contribution in [0.1, 0.15) is 32.8 Å². The lowest BCUT2D eigenvalue weighted by atomic mass is 10.1. The van der Waals surface area contributed by atoms with Crippen molar-refractivity contribution in [3.05, 3.63) is 35.9 Å². The molecule has 0 spiro atoms. The van der Waals surface area contributed by atoms with Crippen LogP contribution < -0.4 is 5.32 Å². The van der Waals surface area contributed by atoms with Crippen molar-refractivity contribution in [1.29, 1.82) is 0 Å². The number of amides is 2. The SMILES string of the molecule is CCCNC(=O)C(C)N(Cc1ccccc1)C(C)=O. The van der Waals surface area contributed by atoms with E-state index in [1.165, 1.54) is 6.92 Å². The number of hydrogen-bond acceptors (Lipinski definition) is 2. The van der Waals surface area contributed by atoms with Crippen molar-refractivity contribution in [3.63, 3.8) is 0 Å². The van der Waals surface area contributed by atoms with E-state index in [0.29, 0.717) is 13.1 Å². The predicted octanol–water partition coefficient (Wildman–Crippen LogP) is 1.95. The van der Waals surface area contributed by atoms with Gasteiger partial charge in [0.1, 0.15) is 6.04 Å². The van der Waals surface area contributed by atoms with Gasteiger partial charge in [0.2, 0.25) is 11.8 Å². The van der Waals surface area contributed by atoms with E-state index in [2.05, 4.69) is 5.32 Å². The van der Waals surface area contributed by atoms with Crippen molar-refractivity contribution in [2.75, 3.05) is 6.54 Å². The van der Waals surface area contributed by atoms with Gasteiger partial charge in [-0.2, -0.15) is 0 Å². The molecule has 0 bridgehead atoms. The number of carbonyl (C=O) groups is 2. The van der Waals surface area contributed by atoms with Crippen molar-refractivity contribution in [3.8, 4) is 0 Å². The highest BCUT2D eigenvalue weighted by molar-refractivity contribution is 5.86. The van der Waals surface area contributed by atoms with Crippen molar-refractivity contribution in [2.24, 2.45) is 0 Å². The molecule has 1 aromatic carbocycles. The molecule has 1 rings (SSSR count). The van der Waals surface area contributed by atoms with Crippen LogP contribution in [0.25, 0.3) is 0 Å². The number of carbonyl (C=O) groups excluding carboxylic acids is 2. The van der Waals surface area contributed by atoms with Crippen molar-refractivity contribution in [2.45, 2.75) is 39.8 Å². The van der Waals surface area contributed by atoms with Crippen LogP contribution in [0.2, 0.25) is 0 Å². The number of hydrogen-bond donors (Lipinski definition) is 1. The van der Waals surface area contributed by atoms with Crippen LogP contribution in [0.5, 0.6) is 0 Å². The molecule has 1 atom stereocenters. The van der Waals surface area contributed by atoms with Gasteiger partial charge in [-0.1, -0.05) is 37.3 Å². The molecule has 1 aromatic rings. The minimum atomic E-state index is -0.454. The molecule has 1 N–H and O–H groups in total. The molecule has 0 radical (unpaired) electrons. The highest BCUT2D eigenvalue weighted by Crippen LogP contribution is 2.09. The second-order valence-corrected chi connectivity index (χ2v) is 4.60. The molecule has 19 heavy (non-hydrogen) atoms. The molecule has 0 aromatic heterocycles. The molecule has 0 heterocycles. The first-order chi connectivity index (χ1) is 9.06. The van der Waals surface area contributed by atoms with Crippen LogP contribution in [-0.4, -0.2) is 29.3 Å². The maximum absolute atomic E-state index is 11.9. The Kier molecular flexibility index (Phi) is 6.06. The zero-order valence-electron chi connectivity index (χ0n) is 11.8. The molecule has 4 heteroatoms.